The number of fused-ring (bicyclic) bond motifs is 1. The highest BCUT2D eigenvalue weighted by molar-refractivity contribution is 5.93. The largest absolute Gasteiger partial charge is 0.349 e. The summed E-state index contributed by atoms with van der Waals surface area (Å²) in [5.74, 6) is 0.0589. The fraction of sp³-hybridized carbons (Fsp3) is 0.421. The van der Waals surface area contributed by atoms with Crippen LogP contribution < -0.4 is 10.2 Å². The average Bonchev–Trinajstić information content (AvgIpc) is 2.92. The van der Waals surface area contributed by atoms with Crippen LogP contribution in [0.1, 0.15) is 42.6 Å². The third-order valence-corrected chi connectivity index (χ3v) is 4.92. The van der Waals surface area contributed by atoms with Crippen molar-refractivity contribution in [2.24, 2.45) is 7.05 Å². The number of hydrogen-bond acceptors (Lipinski definition) is 3. The summed E-state index contributed by atoms with van der Waals surface area (Å²) in [5.41, 5.74) is 4.10. The van der Waals surface area contributed by atoms with Crippen LogP contribution in [0.5, 0.6) is 0 Å². The summed E-state index contributed by atoms with van der Waals surface area (Å²) >= 11 is 0. The van der Waals surface area contributed by atoms with E-state index in [-0.39, 0.29) is 17.9 Å². The Morgan fingerprint density at radius 2 is 2.08 bits per heavy atom. The summed E-state index contributed by atoms with van der Waals surface area (Å²) in [7, 11) is 1.90. The molecule has 0 aliphatic carbocycles. The minimum absolute atomic E-state index is 0.0272. The monoisotopic (exact) mass is 340 g/mol. The third kappa shape index (κ3) is 3.57. The van der Waals surface area contributed by atoms with Gasteiger partial charge in [0.1, 0.15) is 0 Å². The molecule has 1 N–H and O–H groups in total. The van der Waals surface area contributed by atoms with Crippen LogP contribution in [0.2, 0.25) is 0 Å². The summed E-state index contributed by atoms with van der Waals surface area (Å²) in [4.78, 5) is 26.0. The Morgan fingerprint density at radius 3 is 2.76 bits per heavy atom. The highest BCUT2D eigenvalue weighted by Gasteiger charge is 2.27. The molecule has 3 rings (SSSR count). The summed E-state index contributed by atoms with van der Waals surface area (Å²) in [6.45, 7) is 4.21. The normalized spacial score (nSPS) is 16.4. The van der Waals surface area contributed by atoms with Crippen molar-refractivity contribution in [1.29, 1.82) is 0 Å². The molecule has 1 aromatic heterocycles. The third-order valence-electron chi connectivity index (χ3n) is 4.92. The van der Waals surface area contributed by atoms with Crippen LogP contribution in [0, 0.1) is 6.92 Å². The van der Waals surface area contributed by atoms with Gasteiger partial charge in [-0.2, -0.15) is 5.10 Å². The van der Waals surface area contributed by atoms with Crippen LogP contribution in [-0.2, 0) is 23.1 Å². The van der Waals surface area contributed by atoms with Crippen molar-refractivity contribution >= 4 is 17.5 Å². The topological polar surface area (TPSA) is 67.2 Å². The van der Waals surface area contributed by atoms with Crippen LogP contribution in [-0.4, -0.2) is 28.1 Å². The van der Waals surface area contributed by atoms with Crippen molar-refractivity contribution in [1.82, 2.24) is 15.1 Å². The maximum absolute atomic E-state index is 12.4. The van der Waals surface area contributed by atoms with Crippen LogP contribution >= 0.6 is 0 Å². The number of benzene rings is 1. The molecular formula is C19H24N4O2. The quantitative estimate of drug-likeness (QED) is 0.928. The molecule has 2 amide bonds. The number of aromatic nitrogens is 2. The zero-order chi connectivity index (χ0) is 18.0. The Kier molecular flexibility index (Phi) is 4.88. The van der Waals surface area contributed by atoms with Gasteiger partial charge in [0.2, 0.25) is 11.8 Å². The Morgan fingerprint density at radius 1 is 1.32 bits per heavy atom. The number of para-hydroxylation sites is 1. The van der Waals surface area contributed by atoms with E-state index >= 15 is 0 Å². The van der Waals surface area contributed by atoms with Gasteiger partial charge in [-0.1, -0.05) is 18.2 Å². The fourth-order valence-electron chi connectivity index (χ4n) is 3.34. The van der Waals surface area contributed by atoms with Gasteiger partial charge in [0.25, 0.3) is 0 Å². The molecule has 25 heavy (non-hydrogen) atoms. The van der Waals surface area contributed by atoms with E-state index in [2.05, 4.69) is 10.4 Å². The van der Waals surface area contributed by atoms with Crippen LogP contribution in [0.3, 0.4) is 0 Å². The van der Waals surface area contributed by atoms with E-state index < -0.39 is 0 Å². The van der Waals surface area contributed by atoms with Gasteiger partial charge >= 0.3 is 0 Å². The van der Waals surface area contributed by atoms with Crippen LogP contribution in [0.4, 0.5) is 5.69 Å². The fourth-order valence-corrected chi connectivity index (χ4v) is 3.34. The van der Waals surface area contributed by atoms with Gasteiger partial charge in [0, 0.05) is 38.3 Å². The van der Waals surface area contributed by atoms with Crippen molar-refractivity contribution in [2.45, 2.75) is 39.2 Å². The molecule has 1 atom stereocenters. The molecule has 0 radical (unpaired) electrons. The maximum Gasteiger partial charge on any atom is 0.223 e. The number of rotatable bonds is 4. The van der Waals surface area contributed by atoms with Gasteiger partial charge < -0.3 is 10.2 Å². The van der Waals surface area contributed by atoms with Gasteiger partial charge in [-0.05, 0) is 37.0 Å². The number of aryl methyl sites for hydroxylation is 2. The Balaban J connectivity index is 1.66. The first-order chi connectivity index (χ1) is 12.0. The van der Waals surface area contributed by atoms with Gasteiger partial charge in [-0.3, -0.25) is 14.3 Å². The average molecular weight is 340 g/mol. The zero-order valence-corrected chi connectivity index (χ0v) is 15.0. The molecule has 1 aliphatic heterocycles. The van der Waals surface area contributed by atoms with Gasteiger partial charge in [0.05, 0.1) is 12.2 Å². The minimum atomic E-state index is -0.0469. The molecule has 0 saturated carbocycles. The summed E-state index contributed by atoms with van der Waals surface area (Å²) in [6.07, 6.45) is 3.67. The van der Waals surface area contributed by atoms with E-state index in [4.69, 9.17) is 0 Å². The second kappa shape index (κ2) is 7.09. The molecular weight excluding hydrogens is 316 g/mol. The van der Waals surface area contributed by atoms with Gasteiger partial charge in [-0.25, -0.2) is 0 Å². The summed E-state index contributed by atoms with van der Waals surface area (Å²) < 4.78 is 1.82. The van der Waals surface area contributed by atoms with E-state index in [0.717, 1.165) is 28.9 Å². The van der Waals surface area contributed by atoms with E-state index in [1.54, 1.807) is 11.8 Å². The first-order valence-corrected chi connectivity index (χ1v) is 8.61. The number of hydrogen-bond donors (Lipinski definition) is 1. The molecule has 6 heteroatoms. The van der Waals surface area contributed by atoms with Gasteiger partial charge in [0.15, 0.2) is 0 Å². The molecule has 6 nitrogen and oxygen atoms in total. The molecule has 0 spiro atoms. The lowest BCUT2D eigenvalue weighted by Crippen LogP contribution is -2.40. The molecule has 0 saturated heterocycles. The number of anilines is 1. The first kappa shape index (κ1) is 17.2. The van der Waals surface area contributed by atoms with Crippen molar-refractivity contribution < 1.29 is 9.59 Å². The predicted octanol–water partition coefficient (Wildman–Crippen LogP) is 2.28. The van der Waals surface area contributed by atoms with E-state index in [9.17, 15) is 9.59 Å². The highest BCUT2D eigenvalue weighted by Crippen LogP contribution is 2.33. The number of nitrogens with zero attached hydrogens (tertiary/aromatic N) is 3. The molecule has 1 aromatic carbocycles. The van der Waals surface area contributed by atoms with Crippen molar-refractivity contribution in [3.63, 3.8) is 0 Å². The van der Waals surface area contributed by atoms with Crippen molar-refractivity contribution in [3.05, 3.63) is 47.3 Å². The highest BCUT2D eigenvalue weighted by atomic mass is 16.2. The van der Waals surface area contributed by atoms with Crippen LogP contribution in [0.15, 0.2) is 30.5 Å². The SMILES string of the molecule is CC(=O)N1CCC(NC(=O)CCc2cnn(C)c2C)c2ccccc21. The molecule has 0 bridgehead atoms. The Hall–Kier alpha value is -2.63. The standard InChI is InChI=1S/C19H24N4O2/c1-13-15(12-20-22(13)3)8-9-19(25)21-17-10-11-23(14(2)24)18-7-5-4-6-16(17)18/h4-7,12,17H,8-11H2,1-3H3,(H,21,25). The number of carbonyl (C=O) groups is 2. The summed E-state index contributed by atoms with van der Waals surface area (Å²) in [6, 6.07) is 7.74. The van der Waals surface area contributed by atoms with E-state index in [0.29, 0.717) is 19.4 Å². The zero-order valence-electron chi connectivity index (χ0n) is 15.0. The molecule has 1 unspecified atom stereocenters. The second-order valence-electron chi connectivity index (χ2n) is 6.52. The Labute approximate surface area is 147 Å². The van der Waals surface area contributed by atoms with Crippen molar-refractivity contribution in [3.8, 4) is 0 Å². The predicted molar refractivity (Wildman–Crippen MR) is 96.2 cm³/mol. The lowest BCUT2D eigenvalue weighted by atomic mass is 9.96. The van der Waals surface area contributed by atoms with Gasteiger partial charge in [-0.15, -0.1) is 0 Å². The molecule has 2 heterocycles. The number of carbonyl (C=O) groups excluding carboxylic acids is 2. The smallest absolute Gasteiger partial charge is 0.223 e. The molecule has 1 aliphatic rings. The molecule has 0 fully saturated rings. The first-order valence-electron chi connectivity index (χ1n) is 8.61. The second-order valence-corrected chi connectivity index (χ2v) is 6.52. The minimum Gasteiger partial charge on any atom is -0.349 e. The lowest BCUT2D eigenvalue weighted by molar-refractivity contribution is -0.121. The van der Waals surface area contributed by atoms with Crippen LogP contribution in [0.25, 0.3) is 0 Å². The maximum atomic E-state index is 12.4. The number of nitrogens with one attached hydrogen (secondary N) is 1. The number of amides is 2. The molecule has 132 valence electrons. The molecule has 2 aromatic rings. The Bertz CT molecular complexity index is 796. The van der Waals surface area contributed by atoms with E-state index in [1.807, 2.05) is 49.1 Å². The lowest BCUT2D eigenvalue weighted by Gasteiger charge is -2.34. The van der Waals surface area contributed by atoms with E-state index in [1.165, 1.54) is 0 Å². The van der Waals surface area contributed by atoms with Crippen molar-refractivity contribution in [2.75, 3.05) is 11.4 Å². The summed E-state index contributed by atoms with van der Waals surface area (Å²) in [5, 5.41) is 7.34.